The summed E-state index contributed by atoms with van der Waals surface area (Å²) in [5.74, 6) is 1.27. The molecule has 1 aromatic heterocycles. The molecule has 0 saturated heterocycles. The highest BCUT2D eigenvalue weighted by molar-refractivity contribution is 5.77. The first-order chi connectivity index (χ1) is 9.59. The van der Waals surface area contributed by atoms with Crippen molar-refractivity contribution >= 4 is 5.82 Å². The van der Waals surface area contributed by atoms with Crippen LogP contribution in [0.2, 0.25) is 0 Å². The number of rotatable bonds is 2. The zero-order chi connectivity index (χ0) is 14.3. The second-order valence-corrected chi connectivity index (χ2v) is 5.76. The van der Waals surface area contributed by atoms with Crippen LogP contribution < -0.4 is 5.73 Å². The number of benzene rings is 1. The van der Waals surface area contributed by atoms with E-state index in [2.05, 4.69) is 12.0 Å². The van der Waals surface area contributed by atoms with Gasteiger partial charge in [0.05, 0.1) is 11.3 Å². The number of nitrogens with two attached hydrogens (primary N) is 1. The standard InChI is InChI=1S/C16H20FN3/c1-10-6-5-8-11(10)15-14(16(18)20(2)19-15)12-7-3-4-9-13(12)17/h3-4,7,9-11H,5-6,8,18H2,1-2H3. The smallest absolute Gasteiger partial charge is 0.131 e. The van der Waals surface area contributed by atoms with Crippen molar-refractivity contribution < 1.29 is 4.39 Å². The van der Waals surface area contributed by atoms with Crippen LogP contribution in [0.5, 0.6) is 0 Å². The Labute approximate surface area is 118 Å². The highest BCUT2D eigenvalue weighted by Gasteiger charge is 2.31. The second kappa shape index (κ2) is 4.93. The first kappa shape index (κ1) is 13.2. The van der Waals surface area contributed by atoms with Crippen molar-refractivity contribution in [2.45, 2.75) is 32.1 Å². The van der Waals surface area contributed by atoms with Crippen molar-refractivity contribution in [3.63, 3.8) is 0 Å². The average molecular weight is 273 g/mol. The Kier molecular flexibility index (Phi) is 3.24. The molecule has 1 heterocycles. The number of nitrogen functional groups attached to an aromatic ring is 1. The van der Waals surface area contributed by atoms with Gasteiger partial charge in [-0.3, -0.25) is 4.68 Å². The van der Waals surface area contributed by atoms with Crippen LogP contribution in [-0.4, -0.2) is 9.78 Å². The van der Waals surface area contributed by atoms with Crippen molar-refractivity contribution in [2.24, 2.45) is 13.0 Å². The summed E-state index contributed by atoms with van der Waals surface area (Å²) in [5.41, 5.74) is 8.45. The first-order valence-electron chi connectivity index (χ1n) is 7.17. The number of aryl methyl sites for hydroxylation is 1. The molecule has 0 spiro atoms. The van der Waals surface area contributed by atoms with Crippen molar-refractivity contribution in [3.05, 3.63) is 35.8 Å². The van der Waals surface area contributed by atoms with E-state index in [-0.39, 0.29) is 5.82 Å². The van der Waals surface area contributed by atoms with E-state index in [4.69, 9.17) is 5.73 Å². The van der Waals surface area contributed by atoms with E-state index in [0.29, 0.717) is 23.2 Å². The summed E-state index contributed by atoms with van der Waals surface area (Å²) in [6.07, 6.45) is 3.52. The molecule has 1 aliphatic rings. The maximum absolute atomic E-state index is 14.1. The number of nitrogens with zero attached hydrogens (tertiary/aromatic N) is 2. The second-order valence-electron chi connectivity index (χ2n) is 5.76. The predicted octanol–water partition coefficient (Wildman–Crippen LogP) is 3.71. The molecule has 2 N–H and O–H groups in total. The normalized spacial score (nSPS) is 22.4. The molecule has 2 aromatic rings. The molecule has 0 bridgehead atoms. The van der Waals surface area contributed by atoms with Gasteiger partial charge in [0.2, 0.25) is 0 Å². The Hall–Kier alpha value is -1.84. The minimum absolute atomic E-state index is 0.237. The van der Waals surface area contributed by atoms with Gasteiger partial charge in [0.15, 0.2) is 0 Å². The minimum atomic E-state index is -0.237. The zero-order valence-corrected chi connectivity index (χ0v) is 11.9. The maximum atomic E-state index is 14.1. The molecule has 1 aromatic carbocycles. The van der Waals surface area contributed by atoms with Gasteiger partial charge in [0.25, 0.3) is 0 Å². The summed E-state index contributed by atoms with van der Waals surface area (Å²) in [6, 6.07) is 6.80. The quantitative estimate of drug-likeness (QED) is 0.906. The van der Waals surface area contributed by atoms with Crippen LogP contribution in [0.4, 0.5) is 10.2 Å². The predicted molar refractivity (Wildman–Crippen MR) is 78.8 cm³/mol. The van der Waals surface area contributed by atoms with Gasteiger partial charge < -0.3 is 5.73 Å². The van der Waals surface area contributed by atoms with E-state index in [0.717, 1.165) is 17.7 Å². The highest BCUT2D eigenvalue weighted by atomic mass is 19.1. The molecule has 2 unspecified atom stereocenters. The lowest BCUT2D eigenvalue weighted by Gasteiger charge is -2.15. The summed E-state index contributed by atoms with van der Waals surface area (Å²) < 4.78 is 15.8. The third kappa shape index (κ3) is 1.99. The maximum Gasteiger partial charge on any atom is 0.131 e. The Bertz CT molecular complexity index is 633. The molecule has 1 aliphatic carbocycles. The first-order valence-corrected chi connectivity index (χ1v) is 7.17. The van der Waals surface area contributed by atoms with Gasteiger partial charge in [-0.15, -0.1) is 0 Å². The molecule has 0 amide bonds. The van der Waals surface area contributed by atoms with Gasteiger partial charge in [-0.2, -0.15) is 5.10 Å². The molecule has 3 rings (SSSR count). The molecule has 0 aliphatic heterocycles. The fraction of sp³-hybridized carbons (Fsp3) is 0.438. The van der Waals surface area contributed by atoms with Crippen molar-refractivity contribution in [1.82, 2.24) is 9.78 Å². The monoisotopic (exact) mass is 273 g/mol. The molecule has 2 atom stereocenters. The Balaban J connectivity index is 2.17. The van der Waals surface area contributed by atoms with E-state index in [1.165, 1.54) is 18.9 Å². The molecule has 4 heteroatoms. The third-order valence-electron chi connectivity index (χ3n) is 4.47. The SMILES string of the molecule is CC1CCCC1c1nn(C)c(N)c1-c1ccccc1F. The summed E-state index contributed by atoms with van der Waals surface area (Å²) in [4.78, 5) is 0. The van der Waals surface area contributed by atoms with Crippen molar-refractivity contribution in [3.8, 4) is 11.1 Å². The van der Waals surface area contributed by atoms with E-state index >= 15 is 0 Å². The van der Waals surface area contributed by atoms with Gasteiger partial charge in [-0.05, 0) is 18.4 Å². The zero-order valence-electron chi connectivity index (χ0n) is 11.9. The number of hydrogen-bond donors (Lipinski definition) is 1. The third-order valence-corrected chi connectivity index (χ3v) is 4.47. The lowest BCUT2D eigenvalue weighted by molar-refractivity contribution is 0.516. The Morgan fingerprint density at radius 3 is 2.70 bits per heavy atom. The number of halogens is 1. The largest absolute Gasteiger partial charge is 0.383 e. The van der Waals surface area contributed by atoms with Gasteiger partial charge in [0, 0.05) is 18.5 Å². The van der Waals surface area contributed by atoms with Crippen LogP contribution in [0.3, 0.4) is 0 Å². The van der Waals surface area contributed by atoms with Crippen LogP contribution in [0.15, 0.2) is 24.3 Å². The van der Waals surface area contributed by atoms with E-state index in [1.807, 2.05) is 13.1 Å². The van der Waals surface area contributed by atoms with Crippen LogP contribution in [0.1, 0.15) is 37.8 Å². The van der Waals surface area contributed by atoms with Gasteiger partial charge >= 0.3 is 0 Å². The molecule has 20 heavy (non-hydrogen) atoms. The van der Waals surface area contributed by atoms with E-state index in [1.54, 1.807) is 16.8 Å². The number of anilines is 1. The molecular weight excluding hydrogens is 253 g/mol. The van der Waals surface area contributed by atoms with E-state index < -0.39 is 0 Å². The summed E-state index contributed by atoms with van der Waals surface area (Å²) in [7, 11) is 1.82. The molecule has 1 fully saturated rings. The topological polar surface area (TPSA) is 43.8 Å². The lowest BCUT2D eigenvalue weighted by atomic mass is 9.90. The van der Waals surface area contributed by atoms with Gasteiger partial charge in [0.1, 0.15) is 11.6 Å². The van der Waals surface area contributed by atoms with Crippen molar-refractivity contribution in [1.29, 1.82) is 0 Å². The Morgan fingerprint density at radius 1 is 1.30 bits per heavy atom. The highest BCUT2D eigenvalue weighted by Crippen LogP contribution is 2.44. The average Bonchev–Trinajstić information content (AvgIpc) is 2.96. The van der Waals surface area contributed by atoms with Crippen LogP contribution in [0, 0.1) is 11.7 Å². The fourth-order valence-corrected chi connectivity index (χ4v) is 3.31. The lowest BCUT2D eigenvalue weighted by Crippen LogP contribution is -2.05. The van der Waals surface area contributed by atoms with Crippen molar-refractivity contribution in [2.75, 3.05) is 5.73 Å². The number of hydrogen-bond acceptors (Lipinski definition) is 2. The van der Waals surface area contributed by atoms with Gasteiger partial charge in [-0.1, -0.05) is 38.0 Å². The Morgan fingerprint density at radius 2 is 2.05 bits per heavy atom. The summed E-state index contributed by atoms with van der Waals surface area (Å²) in [5, 5.41) is 4.59. The summed E-state index contributed by atoms with van der Waals surface area (Å²) >= 11 is 0. The summed E-state index contributed by atoms with van der Waals surface area (Å²) in [6.45, 7) is 2.24. The molecular formula is C16H20FN3. The molecule has 106 valence electrons. The van der Waals surface area contributed by atoms with E-state index in [9.17, 15) is 4.39 Å². The fourth-order valence-electron chi connectivity index (χ4n) is 3.31. The number of aromatic nitrogens is 2. The molecule has 3 nitrogen and oxygen atoms in total. The molecule has 1 saturated carbocycles. The van der Waals surface area contributed by atoms with Crippen LogP contribution >= 0.6 is 0 Å². The molecule has 0 radical (unpaired) electrons. The minimum Gasteiger partial charge on any atom is -0.383 e. The van der Waals surface area contributed by atoms with Gasteiger partial charge in [-0.25, -0.2) is 4.39 Å². The van der Waals surface area contributed by atoms with Crippen LogP contribution in [-0.2, 0) is 7.05 Å². The van der Waals surface area contributed by atoms with Crippen LogP contribution in [0.25, 0.3) is 11.1 Å².